The summed E-state index contributed by atoms with van der Waals surface area (Å²) in [5.74, 6) is 0.591. The van der Waals surface area contributed by atoms with Crippen molar-refractivity contribution in [3.8, 4) is 0 Å². The van der Waals surface area contributed by atoms with Crippen LogP contribution < -0.4 is 5.32 Å². The Balaban J connectivity index is 1.94. The molecule has 114 valence electrons. The molecule has 0 amide bonds. The number of nitrogens with one attached hydrogen (secondary N) is 1. The molecule has 3 nitrogen and oxygen atoms in total. The average Bonchev–Trinajstić information content (AvgIpc) is 3.16. The van der Waals surface area contributed by atoms with Gasteiger partial charge in [-0.1, -0.05) is 6.92 Å². The van der Waals surface area contributed by atoms with E-state index < -0.39 is 0 Å². The van der Waals surface area contributed by atoms with Gasteiger partial charge in [-0.15, -0.1) is 11.3 Å². The fourth-order valence-electron chi connectivity index (χ4n) is 3.49. The second-order valence-electron chi connectivity index (χ2n) is 5.80. The average molecular weight is 303 g/mol. The predicted molar refractivity (Wildman–Crippen MR) is 88.9 cm³/mol. The minimum atomic E-state index is 0.390. The summed E-state index contributed by atoms with van der Waals surface area (Å²) in [5.41, 5.74) is 2.92. The van der Waals surface area contributed by atoms with E-state index in [1.165, 1.54) is 31.4 Å². The molecule has 2 atom stereocenters. The molecule has 2 aromatic rings. The minimum Gasteiger partial charge on any atom is -0.308 e. The molecule has 21 heavy (non-hydrogen) atoms. The highest BCUT2D eigenvalue weighted by atomic mass is 32.1. The maximum atomic E-state index is 4.48. The van der Waals surface area contributed by atoms with E-state index in [-0.39, 0.29) is 0 Å². The molecule has 1 N–H and O–H groups in total. The van der Waals surface area contributed by atoms with Crippen LogP contribution in [0.5, 0.6) is 0 Å². The van der Waals surface area contributed by atoms with Crippen molar-refractivity contribution in [2.75, 3.05) is 6.54 Å². The first kappa shape index (κ1) is 14.8. The van der Waals surface area contributed by atoms with Crippen LogP contribution in [0.25, 0.3) is 0 Å². The molecule has 0 aromatic carbocycles. The van der Waals surface area contributed by atoms with Crippen molar-refractivity contribution in [2.24, 2.45) is 0 Å². The number of fused-ring (bicyclic) bond motifs is 1. The van der Waals surface area contributed by atoms with Crippen LogP contribution in [-0.2, 0) is 13.0 Å². The Hall–Kier alpha value is -1.13. The van der Waals surface area contributed by atoms with Crippen molar-refractivity contribution in [3.63, 3.8) is 0 Å². The molecular weight excluding hydrogens is 278 g/mol. The second kappa shape index (κ2) is 6.75. The van der Waals surface area contributed by atoms with Crippen LogP contribution in [0.2, 0.25) is 0 Å². The molecule has 0 spiro atoms. The molecule has 4 heteroatoms. The Labute approximate surface area is 131 Å². The van der Waals surface area contributed by atoms with Crippen molar-refractivity contribution in [1.82, 2.24) is 15.1 Å². The number of nitrogens with zero attached hydrogens (tertiary/aromatic N) is 2. The summed E-state index contributed by atoms with van der Waals surface area (Å²) in [5, 5.41) is 10.5. The molecular formula is C17H25N3S. The summed E-state index contributed by atoms with van der Waals surface area (Å²) in [6.07, 6.45) is 6.95. The standard InChI is InChI=1S/C17H25N3S/c1-3-10-18-17(15-8-11-19-20(15)4-2)14-6-5-7-16-13(14)9-12-21-16/h8-9,11-12,14,17-18H,3-7,10H2,1-2H3. The van der Waals surface area contributed by atoms with Gasteiger partial charge in [0.15, 0.2) is 0 Å². The third-order valence-corrected chi connectivity index (χ3v) is 5.48. The third-order valence-electron chi connectivity index (χ3n) is 4.48. The lowest BCUT2D eigenvalue weighted by Crippen LogP contribution is -2.31. The molecule has 0 saturated carbocycles. The first-order valence-corrected chi connectivity index (χ1v) is 9.04. The maximum absolute atomic E-state index is 4.48. The van der Waals surface area contributed by atoms with Crippen LogP contribution in [-0.4, -0.2) is 16.3 Å². The number of hydrogen-bond donors (Lipinski definition) is 1. The van der Waals surface area contributed by atoms with Crippen LogP contribution in [0.1, 0.15) is 61.2 Å². The van der Waals surface area contributed by atoms with E-state index >= 15 is 0 Å². The Morgan fingerprint density at radius 1 is 1.43 bits per heavy atom. The van der Waals surface area contributed by atoms with E-state index in [1.807, 2.05) is 17.5 Å². The van der Waals surface area contributed by atoms with E-state index in [2.05, 4.69) is 46.5 Å². The summed E-state index contributed by atoms with van der Waals surface area (Å²) < 4.78 is 2.15. The lowest BCUT2D eigenvalue weighted by molar-refractivity contribution is 0.381. The van der Waals surface area contributed by atoms with Crippen molar-refractivity contribution < 1.29 is 0 Å². The smallest absolute Gasteiger partial charge is 0.0561 e. The molecule has 2 heterocycles. The highest BCUT2D eigenvalue weighted by molar-refractivity contribution is 7.10. The van der Waals surface area contributed by atoms with Crippen molar-refractivity contribution in [3.05, 3.63) is 39.8 Å². The molecule has 2 unspecified atom stereocenters. The van der Waals surface area contributed by atoms with Gasteiger partial charge in [0.25, 0.3) is 0 Å². The van der Waals surface area contributed by atoms with Gasteiger partial charge in [0.2, 0.25) is 0 Å². The van der Waals surface area contributed by atoms with Gasteiger partial charge in [0, 0.05) is 23.5 Å². The van der Waals surface area contributed by atoms with Gasteiger partial charge in [-0.25, -0.2) is 0 Å². The molecule has 0 saturated heterocycles. The van der Waals surface area contributed by atoms with Crippen LogP contribution >= 0.6 is 11.3 Å². The van der Waals surface area contributed by atoms with Gasteiger partial charge < -0.3 is 5.32 Å². The van der Waals surface area contributed by atoms with E-state index in [4.69, 9.17) is 0 Å². The Morgan fingerprint density at radius 3 is 3.14 bits per heavy atom. The highest BCUT2D eigenvalue weighted by Crippen LogP contribution is 2.42. The number of aromatic nitrogens is 2. The zero-order valence-electron chi connectivity index (χ0n) is 13.0. The molecule has 0 bridgehead atoms. The summed E-state index contributed by atoms with van der Waals surface area (Å²) >= 11 is 1.93. The van der Waals surface area contributed by atoms with Crippen LogP contribution in [0, 0.1) is 0 Å². The molecule has 0 aliphatic heterocycles. The monoisotopic (exact) mass is 303 g/mol. The van der Waals surface area contributed by atoms with Gasteiger partial charge in [0.05, 0.1) is 11.7 Å². The lowest BCUT2D eigenvalue weighted by atomic mass is 9.81. The van der Waals surface area contributed by atoms with Gasteiger partial charge >= 0.3 is 0 Å². The van der Waals surface area contributed by atoms with Crippen molar-refractivity contribution in [2.45, 2.75) is 58.0 Å². The zero-order chi connectivity index (χ0) is 14.7. The summed E-state index contributed by atoms with van der Waals surface area (Å²) in [4.78, 5) is 1.59. The van der Waals surface area contributed by atoms with Gasteiger partial charge in [-0.2, -0.15) is 5.10 Å². The summed E-state index contributed by atoms with van der Waals surface area (Å²) in [6.45, 7) is 6.41. The van der Waals surface area contributed by atoms with E-state index in [0.717, 1.165) is 13.1 Å². The molecule has 0 radical (unpaired) electrons. The zero-order valence-corrected chi connectivity index (χ0v) is 13.8. The van der Waals surface area contributed by atoms with Gasteiger partial charge in [-0.05, 0) is 62.2 Å². The van der Waals surface area contributed by atoms with Gasteiger partial charge in [-0.3, -0.25) is 4.68 Å². The first-order chi connectivity index (χ1) is 10.3. The van der Waals surface area contributed by atoms with E-state index in [1.54, 1.807) is 10.4 Å². The fraction of sp³-hybridized carbons (Fsp3) is 0.588. The SMILES string of the molecule is CCCNC(c1ccnn1CC)C1CCCc2sccc21. The molecule has 2 aromatic heterocycles. The first-order valence-electron chi connectivity index (χ1n) is 8.16. The Kier molecular flexibility index (Phi) is 4.76. The van der Waals surface area contributed by atoms with E-state index in [0.29, 0.717) is 12.0 Å². The minimum absolute atomic E-state index is 0.390. The number of rotatable bonds is 6. The van der Waals surface area contributed by atoms with Crippen LogP contribution in [0.15, 0.2) is 23.7 Å². The molecule has 1 aliphatic rings. The molecule has 1 aliphatic carbocycles. The topological polar surface area (TPSA) is 29.9 Å². The highest BCUT2D eigenvalue weighted by Gasteiger charge is 2.31. The van der Waals surface area contributed by atoms with Gasteiger partial charge in [0.1, 0.15) is 0 Å². The summed E-state index contributed by atoms with van der Waals surface area (Å²) in [6, 6.07) is 4.93. The van der Waals surface area contributed by atoms with Crippen molar-refractivity contribution >= 4 is 11.3 Å². The normalized spacial score (nSPS) is 19.4. The fourth-order valence-corrected chi connectivity index (χ4v) is 4.49. The Morgan fingerprint density at radius 2 is 2.33 bits per heavy atom. The quantitative estimate of drug-likeness (QED) is 0.869. The van der Waals surface area contributed by atoms with Crippen molar-refractivity contribution in [1.29, 1.82) is 0 Å². The maximum Gasteiger partial charge on any atom is 0.0561 e. The Bertz CT molecular complexity index is 572. The number of hydrogen-bond acceptors (Lipinski definition) is 3. The predicted octanol–water partition coefficient (Wildman–Crippen LogP) is 4.13. The third kappa shape index (κ3) is 2.92. The second-order valence-corrected chi connectivity index (χ2v) is 6.80. The van der Waals surface area contributed by atoms with Crippen LogP contribution in [0.4, 0.5) is 0 Å². The molecule has 3 rings (SSSR count). The lowest BCUT2D eigenvalue weighted by Gasteiger charge is -2.32. The summed E-state index contributed by atoms with van der Waals surface area (Å²) in [7, 11) is 0. The number of thiophene rings is 1. The van der Waals surface area contributed by atoms with Crippen LogP contribution in [0.3, 0.4) is 0 Å². The molecule has 0 fully saturated rings. The van der Waals surface area contributed by atoms with E-state index in [9.17, 15) is 0 Å². The number of aryl methyl sites for hydroxylation is 2. The largest absolute Gasteiger partial charge is 0.308 e.